The Bertz CT molecular complexity index is 863. The van der Waals surface area contributed by atoms with Crippen molar-refractivity contribution in [2.24, 2.45) is 0 Å². The number of carbonyl (C=O) groups is 1. The molecule has 27 heavy (non-hydrogen) atoms. The van der Waals surface area contributed by atoms with Crippen molar-refractivity contribution >= 4 is 23.2 Å². The highest BCUT2D eigenvalue weighted by Crippen LogP contribution is 2.32. The van der Waals surface area contributed by atoms with Gasteiger partial charge in [-0.05, 0) is 37.1 Å². The molecule has 1 aliphatic rings. The fourth-order valence-corrected chi connectivity index (χ4v) is 3.18. The summed E-state index contributed by atoms with van der Waals surface area (Å²) in [7, 11) is 1.73. The van der Waals surface area contributed by atoms with Gasteiger partial charge in [-0.3, -0.25) is 5.32 Å². The van der Waals surface area contributed by atoms with Crippen LogP contribution in [0.5, 0.6) is 0 Å². The van der Waals surface area contributed by atoms with E-state index in [2.05, 4.69) is 22.1 Å². The first kappa shape index (κ1) is 18.6. The highest BCUT2D eigenvalue weighted by Gasteiger charge is 2.21. The molecule has 6 nitrogen and oxygen atoms in total. The van der Waals surface area contributed by atoms with Gasteiger partial charge in [0.25, 0.3) is 0 Å². The average molecular weight is 365 g/mol. The minimum absolute atomic E-state index is 0.255. The van der Waals surface area contributed by atoms with Gasteiger partial charge in [-0.2, -0.15) is 0 Å². The van der Waals surface area contributed by atoms with Crippen LogP contribution in [0.1, 0.15) is 24.0 Å². The molecule has 0 spiro atoms. The number of benzene rings is 2. The summed E-state index contributed by atoms with van der Waals surface area (Å²) in [6.07, 6.45) is 0.932. The quantitative estimate of drug-likeness (QED) is 0.573. The maximum Gasteiger partial charge on any atom is 0.409 e. The number of nitrogens with zero attached hydrogens (tertiary/aromatic N) is 1. The number of nitrogen functional groups attached to an aromatic ring is 1. The maximum absolute atomic E-state index is 11.1. The summed E-state index contributed by atoms with van der Waals surface area (Å²) in [5.41, 5.74) is 9.34. The molecule has 0 atom stereocenters. The van der Waals surface area contributed by atoms with Gasteiger partial charge in [0.15, 0.2) is 0 Å². The minimum Gasteiger partial charge on any atom is -0.465 e. The first-order valence-electron chi connectivity index (χ1n) is 8.85. The molecule has 1 saturated heterocycles. The molecule has 3 rings (SSSR count). The Morgan fingerprint density at radius 1 is 1.22 bits per heavy atom. The number of nitrogens with two attached hydrogens (primary N) is 1. The van der Waals surface area contributed by atoms with E-state index in [4.69, 9.17) is 15.6 Å². The van der Waals surface area contributed by atoms with Crippen LogP contribution in [0, 0.1) is 11.8 Å². The van der Waals surface area contributed by atoms with Crippen LogP contribution >= 0.6 is 0 Å². The van der Waals surface area contributed by atoms with E-state index in [0.29, 0.717) is 11.4 Å². The van der Waals surface area contributed by atoms with Gasteiger partial charge in [0.2, 0.25) is 0 Å². The van der Waals surface area contributed by atoms with Crippen molar-refractivity contribution in [2.75, 3.05) is 36.1 Å². The second-order valence-corrected chi connectivity index (χ2v) is 6.42. The highest BCUT2D eigenvalue weighted by molar-refractivity contribution is 5.90. The molecule has 1 amide bonds. The van der Waals surface area contributed by atoms with Crippen molar-refractivity contribution in [1.82, 2.24) is 0 Å². The Hall–Kier alpha value is -3.17. The van der Waals surface area contributed by atoms with E-state index in [1.165, 1.54) is 0 Å². The molecule has 4 N–H and O–H groups in total. The van der Waals surface area contributed by atoms with Crippen LogP contribution in [0.15, 0.2) is 42.5 Å². The van der Waals surface area contributed by atoms with Crippen LogP contribution in [-0.2, 0) is 4.74 Å². The number of rotatable bonds is 3. The van der Waals surface area contributed by atoms with Crippen molar-refractivity contribution in [2.45, 2.75) is 18.9 Å². The summed E-state index contributed by atoms with van der Waals surface area (Å²) >= 11 is 0. The third-order valence-electron chi connectivity index (χ3n) is 4.64. The molecular weight excluding hydrogens is 342 g/mol. The van der Waals surface area contributed by atoms with E-state index < -0.39 is 6.09 Å². The molecule has 0 unspecified atom stereocenters. The second kappa shape index (κ2) is 8.47. The molecule has 2 aromatic rings. The lowest BCUT2D eigenvalue weighted by Crippen LogP contribution is -2.37. The molecular formula is C21H23N3O3. The zero-order valence-electron chi connectivity index (χ0n) is 15.2. The van der Waals surface area contributed by atoms with Gasteiger partial charge in [0.1, 0.15) is 0 Å². The molecule has 6 heteroatoms. The topological polar surface area (TPSA) is 87.8 Å². The zero-order valence-corrected chi connectivity index (χ0v) is 15.2. The third kappa shape index (κ3) is 4.72. The Morgan fingerprint density at radius 3 is 2.56 bits per heavy atom. The smallest absolute Gasteiger partial charge is 0.409 e. The number of nitrogens with one attached hydrogen (secondary N) is 1. The van der Waals surface area contributed by atoms with Crippen LogP contribution in [-0.4, -0.2) is 37.5 Å². The van der Waals surface area contributed by atoms with Crippen LogP contribution < -0.4 is 16.0 Å². The molecule has 0 bridgehead atoms. The second-order valence-electron chi connectivity index (χ2n) is 6.42. The number of piperidine rings is 1. The van der Waals surface area contributed by atoms with Crippen molar-refractivity contribution in [3.8, 4) is 11.8 Å². The molecule has 0 aliphatic carbocycles. The predicted molar refractivity (Wildman–Crippen MR) is 107 cm³/mol. The normalized spacial score (nSPS) is 14.3. The van der Waals surface area contributed by atoms with E-state index in [0.717, 1.165) is 42.7 Å². The lowest BCUT2D eigenvalue weighted by atomic mass is 10.0. The maximum atomic E-state index is 11.1. The fourth-order valence-electron chi connectivity index (χ4n) is 3.18. The van der Waals surface area contributed by atoms with Crippen LogP contribution in [0.3, 0.4) is 0 Å². The van der Waals surface area contributed by atoms with Gasteiger partial charge >= 0.3 is 6.09 Å². The Morgan fingerprint density at radius 2 is 1.93 bits per heavy atom. The number of carboxylic acid groups (broad SMARTS) is 1. The number of ether oxygens (including phenoxy) is 1. The van der Waals surface area contributed by atoms with Crippen molar-refractivity contribution in [3.05, 3.63) is 53.6 Å². The van der Waals surface area contributed by atoms with Crippen LogP contribution in [0.2, 0.25) is 0 Å². The SMILES string of the molecule is COC1CCN(c2cc(NC(=O)O)c(N)cc2C#Cc2ccccc2)CC1. The molecule has 1 fully saturated rings. The monoisotopic (exact) mass is 365 g/mol. The zero-order chi connectivity index (χ0) is 19.2. The highest BCUT2D eigenvalue weighted by atomic mass is 16.5. The Balaban J connectivity index is 1.97. The first-order valence-corrected chi connectivity index (χ1v) is 8.85. The van der Waals surface area contributed by atoms with E-state index >= 15 is 0 Å². The van der Waals surface area contributed by atoms with Gasteiger partial charge < -0.3 is 20.5 Å². The van der Waals surface area contributed by atoms with E-state index in [-0.39, 0.29) is 6.10 Å². The minimum atomic E-state index is -1.14. The lowest BCUT2D eigenvalue weighted by Gasteiger charge is -2.34. The van der Waals surface area contributed by atoms with Crippen LogP contribution in [0.4, 0.5) is 21.9 Å². The fraction of sp³-hybridized carbons (Fsp3) is 0.286. The van der Waals surface area contributed by atoms with Crippen molar-refractivity contribution in [1.29, 1.82) is 0 Å². The number of hydrogen-bond acceptors (Lipinski definition) is 4. The summed E-state index contributed by atoms with van der Waals surface area (Å²) < 4.78 is 5.44. The standard InChI is InChI=1S/C21H23N3O3/c1-27-17-9-11-24(12-10-17)20-14-19(23-21(25)26)18(22)13-16(20)8-7-15-5-3-2-4-6-15/h2-6,13-14,17,23H,9-12,22H2,1H3,(H,25,26). The number of anilines is 3. The average Bonchev–Trinajstić information content (AvgIpc) is 2.68. The van der Waals surface area contributed by atoms with Gasteiger partial charge in [0.05, 0.1) is 28.7 Å². The van der Waals surface area contributed by atoms with Gasteiger partial charge in [-0.1, -0.05) is 30.0 Å². The summed E-state index contributed by atoms with van der Waals surface area (Å²) in [4.78, 5) is 13.3. The summed E-state index contributed by atoms with van der Waals surface area (Å²) in [6.45, 7) is 1.63. The Labute approximate surface area is 158 Å². The molecule has 1 heterocycles. The van der Waals surface area contributed by atoms with Crippen molar-refractivity contribution < 1.29 is 14.6 Å². The molecule has 0 saturated carbocycles. The molecule has 140 valence electrons. The lowest BCUT2D eigenvalue weighted by molar-refractivity contribution is 0.0819. The molecule has 2 aromatic carbocycles. The summed E-state index contributed by atoms with van der Waals surface area (Å²) in [6, 6.07) is 13.2. The van der Waals surface area contributed by atoms with Gasteiger partial charge in [-0.15, -0.1) is 0 Å². The summed E-state index contributed by atoms with van der Waals surface area (Å²) in [5.74, 6) is 6.35. The van der Waals surface area contributed by atoms with Crippen molar-refractivity contribution in [3.63, 3.8) is 0 Å². The van der Waals surface area contributed by atoms with Crippen LogP contribution in [0.25, 0.3) is 0 Å². The molecule has 0 aromatic heterocycles. The number of hydrogen-bond donors (Lipinski definition) is 3. The number of methoxy groups -OCH3 is 1. The molecule has 0 radical (unpaired) electrons. The van der Waals surface area contributed by atoms with Gasteiger partial charge in [-0.25, -0.2) is 4.79 Å². The van der Waals surface area contributed by atoms with E-state index in [1.54, 1.807) is 19.2 Å². The number of amides is 1. The van der Waals surface area contributed by atoms with Gasteiger partial charge in [0, 0.05) is 25.8 Å². The summed E-state index contributed by atoms with van der Waals surface area (Å²) in [5, 5.41) is 11.4. The van der Waals surface area contributed by atoms with E-state index in [9.17, 15) is 4.79 Å². The molecule has 1 aliphatic heterocycles. The third-order valence-corrected chi connectivity index (χ3v) is 4.64. The first-order chi connectivity index (χ1) is 13.1. The largest absolute Gasteiger partial charge is 0.465 e. The van der Waals surface area contributed by atoms with E-state index in [1.807, 2.05) is 30.3 Å². The Kier molecular flexibility index (Phi) is 5.84. The predicted octanol–water partition coefficient (Wildman–Crippen LogP) is 3.37.